The average Bonchev–Trinajstić information content (AvgIpc) is 2.68. The molecule has 0 saturated heterocycles. The lowest BCUT2D eigenvalue weighted by Gasteiger charge is -2.36. The van der Waals surface area contributed by atoms with Crippen LogP contribution >= 0.6 is 0 Å². The number of terminal acetylenes is 4. The summed E-state index contributed by atoms with van der Waals surface area (Å²) in [7, 11) is 0. The second kappa shape index (κ2) is 13.6. The van der Waals surface area contributed by atoms with E-state index in [1.165, 1.54) is 6.08 Å². The molecule has 27 heavy (non-hydrogen) atoms. The molecule has 1 heterocycles. The van der Waals surface area contributed by atoms with Crippen molar-refractivity contribution in [2.45, 2.75) is 24.4 Å². The second-order valence-electron chi connectivity index (χ2n) is 5.33. The van der Waals surface area contributed by atoms with E-state index in [0.29, 0.717) is 0 Å². The highest BCUT2D eigenvalue weighted by atomic mass is 16.6. The summed E-state index contributed by atoms with van der Waals surface area (Å²) in [5.41, 5.74) is 0. The minimum Gasteiger partial charge on any atom is -0.366 e. The van der Waals surface area contributed by atoms with Gasteiger partial charge in [0, 0.05) is 0 Å². The van der Waals surface area contributed by atoms with Crippen LogP contribution in [-0.4, -0.2) is 69.8 Å². The number of ketones is 1. The Morgan fingerprint density at radius 2 is 1.63 bits per heavy atom. The van der Waals surface area contributed by atoms with E-state index in [4.69, 9.17) is 49.4 Å². The predicted molar refractivity (Wildman–Crippen MR) is 99.3 cm³/mol. The predicted octanol–water partition coefficient (Wildman–Crippen LogP) is 0.216. The van der Waals surface area contributed by atoms with Crippen LogP contribution in [0.25, 0.3) is 0 Å². The summed E-state index contributed by atoms with van der Waals surface area (Å²) >= 11 is 0. The van der Waals surface area contributed by atoms with Crippen LogP contribution in [0.15, 0.2) is 12.2 Å². The molecule has 0 aromatic carbocycles. The van der Waals surface area contributed by atoms with Gasteiger partial charge in [0.1, 0.15) is 57.5 Å². The highest BCUT2D eigenvalue weighted by Crippen LogP contribution is 2.21. The Morgan fingerprint density at radius 3 is 2.22 bits per heavy atom. The van der Waals surface area contributed by atoms with Crippen molar-refractivity contribution in [2.75, 3.05) is 39.6 Å². The van der Waals surface area contributed by atoms with Crippen molar-refractivity contribution in [1.29, 1.82) is 0 Å². The number of hydrogen-bond donors (Lipinski definition) is 0. The van der Waals surface area contributed by atoms with Crippen LogP contribution in [-0.2, 0) is 28.5 Å². The monoisotopic (exact) mass is 370 g/mol. The Morgan fingerprint density at radius 1 is 1.00 bits per heavy atom. The molecule has 0 aromatic rings. The largest absolute Gasteiger partial charge is 0.366 e. The van der Waals surface area contributed by atoms with Crippen LogP contribution in [0, 0.1) is 49.4 Å². The highest BCUT2D eigenvalue weighted by Gasteiger charge is 2.38. The Balaban J connectivity index is 3.08. The molecule has 0 bridgehead atoms. The first-order valence-corrected chi connectivity index (χ1v) is 8.17. The Bertz CT molecular complexity index is 654. The second-order valence-corrected chi connectivity index (χ2v) is 5.33. The summed E-state index contributed by atoms with van der Waals surface area (Å²) < 4.78 is 28.1. The number of ether oxygens (including phenoxy) is 5. The smallest absolute Gasteiger partial charge is 0.181 e. The third-order valence-electron chi connectivity index (χ3n) is 3.47. The molecule has 0 aromatic heterocycles. The lowest BCUT2D eigenvalue weighted by Crippen LogP contribution is -2.51. The normalized spacial score (nSPS) is 19.1. The molecule has 4 atom stereocenters. The summed E-state index contributed by atoms with van der Waals surface area (Å²) in [6.07, 6.45) is 21.5. The first-order valence-electron chi connectivity index (χ1n) is 8.17. The Hall–Kier alpha value is -2.55. The lowest BCUT2D eigenvalue weighted by atomic mass is 10.0. The zero-order valence-electron chi connectivity index (χ0n) is 15.0. The molecule has 142 valence electrons. The van der Waals surface area contributed by atoms with Gasteiger partial charge in [0.05, 0.1) is 6.61 Å². The van der Waals surface area contributed by atoms with Gasteiger partial charge in [0.25, 0.3) is 0 Å². The molecule has 0 amide bonds. The molecule has 0 unspecified atom stereocenters. The van der Waals surface area contributed by atoms with Crippen LogP contribution in [0.5, 0.6) is 0 Å². The van der Waals surface area contributed by atoms with Crippen LogP contribution in [0.1, 0.15) is 0 Å². The van der Waals surface area contributed by atoms with Gasteiger partial charge in [-0.2, -0.15) is 0 Å². The fourth-order valence-corrected chi connectivity index (χ4v) is 2.39. The van der Waals surface area contributed by atoms with E-state index in [1.54, 1.807) is 6.08 Å². The van der Waals surface area contributed by atoms with Gasteiger partial charge < -0.3 is 23.7 Å². The van der Waals surface area contributed by atoms with Gasteiger partial charge in [0.15, 0.2) is 5.78 Å². The standard InChI is InChI=1S/C21H22O6/c1-5-11-23-16-19(24-12-6-2)21(26-14-8-4)20(25-13-7-3)18-10-9-17(22)15-27-18/h1-4,9-10,18-21H,11-16H2/t18-,19+,20+,21+/m0/s1. The first-order chi connectivity index (χ1) is 13.2. The summed E-state index contributed by atoms with van der Waals surface area (Å²) in [5.74, 6) is 9.40. The van der Waals surface area contributed by atoms with Gasteiger partial charge >= 0.3 is 0 Å². The molecule has 0 spiro atoms. The van der Waals surface area contributed by atoms with Gasteiger partial charge in [-0.25, -0.2) is 0 Å². The minimum atomic E-state index is -0.733. The summed E-state index contributed by atoms with van der Waals surface area (Å²) in [4.78, 5) is 11.4. The van der Waals surface area contributed by atoms with E-state index < -0.39 is 24.4 Å². The summed E-state index contributed by atoms with van der Waals surface area (Å²) in [6, 6.07) is 0. The summed E-state index contributed by atoms with van der Waals surface area (Å²) in [6.45, 7) is 0.0921. The van der Waals surface area contributed by atoms with Crippen LogP contribution < -0.4 is 0 Å². The van der Waals surface area contributed by atoms with Crippen molar-refractivity contribution in [3.05, 3.63) is 12.2 Å². The van der Waals surface area contributed by atoms with Gasteiger partial charge in [-0.1, -0.05) is 23.7 Å². The molecule has 0 radical (unpaired) electrons. The van der Waals surface area contributed by atoms with Crippen molar-refractivity contribution >= 4 is 5.78 Å². The van der Waals surface area contributed by atoms with Gasteiger partial charge in [0.2, 0.25) is 0 Å². The van der Waals surface area contributed by atoms with Crippen molar-refractivity contribution in [2.24, 2.45) is 0 Å². The van der Waals surface area contributed by atoms with E-state index in [2.05, 4.69) is 23.7 Å². The van der Waals surface area contributed by atoms with Gasteiger partial charge in [-0.05, 0) is 12.2 Å². The van der Waals surface area contributed by atoms with E-state index in [9.17, 15) is 4.79 Å². The number of hydrogen-bond acceptors (Lipinski definition) is 6. The van der Waals surface area contributed by atoms with E-state index in [0.717, 1.165) is 0 Å². The molecule has 6 heteroatoms. The molecule has 1 rings (SSSR count). The SMILES string of the molecule is C#CCOC[C@@H](OCC#C)[C@@H](OCC#C)[C@H](OCC#C)[C@@H]1C=CC(=O)CO1. The molecule has 1 aliphatic heterocycles. The number of carbonyl (C=O) groups excluding carboxylic acids is 1. The molecule has 6 nitrogen and oxygen atoms in total. The van der Waals surface area contributed by atoms with E-state index >= 15 is 0 Å². The molecule has 0 saturated carbocycles. The quantitative estimate of drug-likeness (QED) is 0.362. The van der Waals surface area contributed by atoms with Crippen molar-refractivity contribution in [1.82, 2.24) is 0 Å². The topological polar surface area (TPSA) is 63.2 Å². The third kappa shape index (κ3) is 8.12. The zero-order chi connectivity index (χ0) is 19.9. The third-order valence-corrected chi connectivity index (χ3v) is 3.47. The Kier molecular flexibility index (Phi) is 11.4. The highest BCUT2D eigenvalue weighted by molar-refractivity contribution is 5.91. The number of carbonyl (C=O) groups is 1. The van der Waals surface area contributed by atoms with Crippen molar-refractivity contribution < 1.29 is 28.5 Å². The maximum atomic E-state index is 11.4. The van der Waals surface area contributed by atoms with Crippen molar-refractivity contribution in [3.8, 4) is 49.4 Å². The lowest BCUT2D eigenvalue weighted by molar-refractivity contribution is -0.171. The minimum absolute atomic E-state index is 0.00466. The van der Waals surface area contributed by atoms with Crippen molar-refractivity contribution in [3.63, 3.8) is 0 Å². The summed E-state index contributed by atoms with van der Waals surface area (Å²) in [5, 5.41) is 0. The maximum absolute atomic E-state index is 11.4. The molecule has 0 fully saturated rings. The molecule has 0 N–H and O–H groups in total. The molecular weight excluding hydrogens is 348 g/mol. The molecular formula is C21H22O6. The number of rotatable bonds is 12. The van der Waals surface area contributed by atoms with E-state index in [1.807, 2.05) is 0 Å². The van der Waals surface area contributed by atoms with Crippen LogP contribution in [0.3, 0.4) is 0 Å². The Labute approximate surface area is 160 Å². The zero-order valence-corrected chi connectivity index (χ0v) is 15.0. The average molecular weight is 370 g/mol. The van der Waals surface area contributed by atoms with Gasteiger partial charge in [-0.3, -0.25) is 4.79 Å². The van der Waals surface area contributed by atoms with Gasteiger partial charge in [-0.15, -0.1) is 25.7 Å². The van der Waals surface area contributed by atoms with E-state index in [-0.39, 0.29) is 45.4 Å². The first kappa shape index (κ1) is 22.5. The fraction of sp³-hybridized carbons (Fsp3) is 0.476. The maximum Gasteiger partial charge on any atom is 0.181 e. The fourth-order valence-electron chi connectivity index (χ4n) is 2.39. The van der Waals surface area contributed by atoms with Crippen LogP contribution in [0.2, 0.25) is 0 Å². The molecule has 1 aliphatic rings. The van der Waals surface area contributed by atoms with Crippen LogP contribution in [0.4, 0.5) is 0 Å². The molecule has 0 aliphatic carbocycles.